The third-order valence-electron chi connectivity index (χ3n) is 4.85. The highest BCUT2D eigenvalue weighted by Crippen LogP contribution is 2.49. The maximum absolute atomic E-state index is 12.6. The normalized spacial score (nSPS) is 17.7. The predicted molar refractivity (Wildman–Crippen MR) is 101 cm³/mol. The van der Waals surface area contributed by atoms with E-state index in [1.54, 1.807) is 17.8 Å². The van der Waals surface area contributed by atoms with Gasteiger partial charge in [-0.25, -0.2) is 0 Å². The highest BCUT2D eigenvalue weighted by atomic mass is 32.2. The van der Waals surface area contributed by atoms with Gasteiger partial charge in [0.25, 0.3) is 0 Å². The van der Waals surface area contributed by atoms with Gasteiger partial charge in [-0.2, -0.15) is 0 Å². The number of nitrogens with zero attached hydrogens (tertiary/aromatic N) is 1. The smallest absolute Gasteiger partial charge is 0.188 e. The molecule has 2 nitrogen and oxygen atoms in total. The lowest BCUT2D eigenvalue weighted by Crippen LogP contribution is -2.17. The van der Waals surface area contributed by atoms with Crippen molar-refractivity contribution in [1.29, 1.82) is 0 Å². The van der Waals surface area contributed by atoms with E-state index >= 15 is 0 Å². The average molecular weight is 335 g/mol. The Bertz CT molecular complexity index is 810. The van der Waals surface area contributed by atoms with Crippen LogP contribution in [0, 0.1) is 0 Å². The maximum Gasteiger partial charge on any atom is 0.188 e. The molecule has 1 heterocycles. The van der Waals surface area contributed by atoms with Crippen molar-refractivity contribution in [1.82, 2.24) is 0 Å². The largest absolute Gasteiger partial charge is 0.335 e. The van der Waals surface area contributed by atoms with Crippen LogP contribution in [0.15, 0.2) is 58.5 Å². The summed E-state index contributed by atoms with van der Waals surface area (Å²) in [4.78, 5) is 16.2. The molecule has 0 fully saturated rings. The van der Waals surface area contributed by atoms with Crippen LogP contribution in [0.2, 0.25) is 0 Å². The molecule has 0 unspecified atom stereocenters. The topological polar surface area (TPSA) is 20.3 Å². The van der Waals surface area contributed by atoms with Gasteiger partial charge in [0.05, 0.1) is 10.7 Å². The van der Waals surface area contributed by atoms with E-state index in [4.69, 9.17) is 0 Å². The summed E-state index contributed by atoms with van der Waals surface area (Å²) in [7, 11) is 0. The Labute approximate surface area is 147 Å². The van der Waals surface area contributed by atoms with E-state index in [2.05, 4.69) is 24.0 Å². The maximum atomic E-state index is 12.6. The van der Waals surface area contributed by atoms with Crippen molar-refractivity contribution in [2.45, 2.75) is 37.5 Å². The molecule has 2 aromatic rings. The molecule has 1 aliphatic heterocycles. The van der Waals surface area contributed by atoms with Gasteiger partial charge in [-0.05, 0) is 49.8 Å². The van der Waals surface area contributed by atoms with Crippen LogP contribution in [0.4, 0.5) is 5.69 Å². The highest BCUT2D eigenvalue weighted by Gasteiger charge is 2.29. The molecule has 2 aliphatic rings. The second-order valence-electron chi connectivity index (χ2n) is 6.32. The molecular weight excluding hydrogens is 314 g/mol. The third kappa shape index (κ3) is 2.67. The van der Waals surface area contributed by atoms with Crippen molar-refractivity contribution in [3.8, 4) is 0 Å². The summed E-state index contributed by atoms with van der Waals surface area (Å²) < 4.78 is 0. The Morgan fingerprint density at radius 1 is 1.12 bits per heavy atom. The van der Waals surface area contributed by atoms with Gasteiger partial charge in [-0.3, -0.25) is 4.79 Å². The van der Waals surface area contributed by atoms with Gasteiger partial charge in [0, 0.05) is 23.1 Å². The lowest BCUT2D eigenvalue weighted by atomic mass is 9.91. The van der Waals surface area contributed by atoms with Crippen molar-refractivity contribution in [2.24, 2.45) is 0 Å². The number of thioether (sulfide) groups is 1. The number of carbonyl (C=O) groups excluding carboxylic acids is 1. The number of ketones is 1. The number of carbonyl (C=O) groups is 1. The molecule has 0 aromatic heterocycles. The molecule has 0 bridgehead atoms. The van der Waals surface area contributed by atoms with Crippen LogP contribution in [0.5, 0.6) is 0 Å². The van der Waals surface area contributed by atoms with E-state index < -0.39 is 0 Å². The van der Waals surface area contributed by atoms with Crippen LogP contribution in [0.25, 0.3) is 0 Å². The van der Waals surface area contributed by atoms with Crippen LogP contribution in [0.3, 0.4) is 0 Å². The van der Waals surface area contributed by atoms with Crippen LogP contribution in [-0.4, -0.2) is 12.3 Å². The van der Waals surface area contributed by atoms with E-state index in [0.29, 0.717) is 0 Å². The predicted octanol–water partition coefficient (Wildman–Crippen LogP) is 5.22. The van der Waals surface area contributed by atoms with Gasteiger partial charge >= 0.3 is 0 Å². The molecule has 122 valence electrons. The third-order valence-corrected chi connectivity index (χ3v) is 6.06. The quantitative estimate of drug-likeness (QED) is 0.566. The molecule has 0 atom stereocenters. The second-order valence-corrected chi connectivity index (χ2v) is 7.35. The zero-order valence-corrected chi connectivity index (χ0v) is 14.7. The lowest BCUT2D eigenvalue weighted by Gasteiger charge is -2.21. The summed E-state index contributed by atoms with van der Waals surface area (Å²) >= 11 is 1.77. The number of hydrogen-bond acceptors (Lipinski definition) is 3. The first-order chi connectivity index (χ1) is 11.8. The minimum Gasteiger partial charge on any atom is -0.335 e. The molecular formula is C21H21NOS. The number of anilines is 1. The van der Waals surface area contributed by atoms with E-state index in [-0.39, 0.29) is 5.78 Å². The van der Waals surface area contributed by atoms with Crippen molar-refractivity contribution in [3.05, 3.63) is 70.3 Å². The van der Waals surface area contributed by atoms with Crippen LogP contribution < -0.4 is 4.90 Å². The Balaban J connectivity index is 1.71. The lowest BCUT2D eigenvalue weighted by molar-refractivity contribution is 0.104. The molecule has 0 radical (unpaired) electrons. The molecule has 0 spiro atoms. The van der Waals surface area contributed by atoms with E-state index in [9.17, 15) is 4.79 Å². The van der Waals surface area contributed by atoms with Gasteiger partial charge in [-0.1, -0.05) is 48.2 Å². The zero-order valence-electron chi connectivity index (χ0n) is 13.9. The molecule has 2 aromatic carbocycles. The summed E-state index contributed by atoms with van der Waals surface area (Å²) in [5, 5.41) is 1.06. The first kappa shape index (κ1) is 15.5. The van der Waals surface area contributed by atoms with Crippen LogP contribution >= 0.6 is 11.8 Å². The molecule has 0 N–H and O–H groups in total. The van der Waals surface area contributed by atoms with Gasteiger partial charge in [-0.15, -0.1) is 0 Å². The molecule has 1 aliphatic carbocycles. The first-order valence-electron chi connectivity index (χ1n) is 8.69. The number of allylic oxidation sites excluding steroid dienone is 1. The standard InChI is InChI=1S/C21H21NOS/c1-2-22-18-13-12-15-8-6-7-11-17(15)21(18)24-20(22)14-19(23)16-9-4-3-5-10-16/h3-5,9-10,12-14H,2,6-8,11H2,1H3/b20-14-. The summed E-state index contributed by atoms with van der Waals surface area (Å²) in [6.07, 6.45) is 6.74. The minimum atomic E-state index is 0.0817. The molecule has 0 amide bonds. The summed E-state index contributed by atoms with van der Waals surface area (Å²) in [6.45, 7) is 3.03. The zero-order chi connectivity index (χ0) is 16.5. The fraction of sp³-hybridized carbons (Fsp3) is 0.286. The minimum absolute atomic E-state index is 0.0817. The second kappa shape index (κ2) is 6.48. The van der Waals surface area contributed by atoms with Crippen molar-refractivity contribution in [2.75, 3.05) is 11.4 Å². The van der Waals surface area contributed by atoms with Crippen molar-refractivity contribution in [3.63, 3.8) is 0 Å². The number of rotatable bonds is 3. The van der Waals surface area contributed by atoms with E-state index in [0.717, 1.165) is 17.1 Å². The van der Waals surface area contributed by atoms with Gasteiger partial charge in [0.2, 0.25) is 0 Å². The average Bonchev–Trinajstić information content (AvgIpc) is 3.00. The van der Waals surface area contributed by atoms with Gasteiger partial charge in [0.1, 0.15) is 0 Å². The Kier molecular flexibility index (Phi) is 4.19. The molecule has 24 heavy (non-hydrogen) atoms. The number of benzene rings is 2. The SMILES string of the molecule is CCN1/C(=C/C(=O)c2ccccc2)Sc2c1ccc1c2CCCC1. The van der Waals surface area contributed by atoms with Gasteiger partial charge in [0.15, 0.2) is 5.78 Å². The summed E-state index contributed by atoms with van der Waals surface area (Å²) in [5.41, 5.74) is 5.03. The summed E-state index contributed by atoms with van der Waals surface area (Å²) in [5.74, 6) is 0.0817. The Hall–Kier alpha value is -2.00. The van der Waals surface area contributed by atoms with Crippen molar-refractivity contribution >= 4 is 23.2 Å². The fourth-order valence-corrected chi connectivity index (χ4v) is 4.97. The van der Waals surface area contributed by atoms with Crippen LogP contribution in [0.1, 0.15) is 41.3 Å². The Morgan fingerprint density at radius 2 is 1.92 bits per heavy atom. The first-order valence-corrected chi connectivity index (χ1v) is 9.51. The number of fused-ring (bicyclic) bond motifs is 3. The monoisotopic (exact) mass is 335 g/mol. The fourth-order valence-electron chi connectivity index (χ4n) is 3.62. The van der Waals surface area contributed by atoms with E-state index in [1.807, 2.05) is 30.3 Å². The number of hydrogen-bond donors (Lipinski definition) is 0. The number of aryl methyl sites for hydroxylation is 1. The van der Waals surface area contributed by atoms with Gasteiger partial charge < -0.3 is 4.90 Å². The molecule has 3 heteroatoms. The van der Waals surface area contributed by atoms with Crippen molar-refractivity contribution < 1.29 is 4.79 Å². The molecule has 0 saturated heterocycles. The molecule has 0 saturated carbocycles. The highest BCUT2D eigenvalue weighted by molar-refractivity contribution is 8.03. The van der Waals surface area contributed by atoms with E-state index in [1.165, 1.54) is 47.4 Å². The summed E-state index contributed by atoms with van der Waals surface area (Å²) in [6, 6.07) is 14.1. The van der Waals surface area contributed by atoms with Crippen LogP contribution in [-0.2, 0) is 12.8 Å². The Morgan fingerprint density at radius 3 is 2.71 bits per heavy atom. The molecule has 4 rings (SSSR count).